The van der Waals surface area contributed by atoms with Gasteiger partial charge in [-0.25, -0.2) is 8.42 Å². The number of sulfonamides is 1. The SMILES string of the molecule is CCC(Oc1cccc(C)c1)C(=O)Nc1ccc(S(=O)(=O)Nc2cc(Cl)cc(Cl)c2)cc1. The number of hydrogen-bond acceptors (Lipinski definition) is 4. The van der Waals surface area contributed by atoms with E-state index >= 15 is 0 Å². The summed E-state index contributed by atoms with van der Waals surface area (Å²) in [5.74, 6) is 0.289. The lowest BCUT2D eigenvalue weighted by Crippen LogP contribution is -2.32. The predicted octanol–water partition coefficient (Wildman–Crippen LogP) is 5.90. The van der Waals surface area contributed by atoms with Crippen molar-refractivity contribution in [3.8, 4) is 5.75 Å². The summed E-state index contributed by atoms with van der Waals surface area (Å²) < 4.78 is 33.5. The van der Waals surface area contributed by atoms with Gasteiger partial charge in [-0.15, -0.1) is 0 Å². The Morgan fingerprint density at radius 1 is 0.969 bits per heavy atom. The lowest BCUT2D eigenvalue weighted by Gasteiger charge is -2.18. The fourth-order valence-electron chi connectivity index (χ4n) is 2.94. The molecule has 9 heteroatoms. The summed E-state index contributed by atoms with van der Waals surface area (Å²) in [6.07, 6.45) is -0.215. The fourth-order valence-corrected chi connectivity index (χ4v) is 4.51. The molecule has 0 heterocycles. The number of aryl methyl sites for hydroxylation is 1. The fraction of sp³-hybridized carbons (Fsp3) is 0.174. The van der Waals surface area contributed by atoms with Crippen LogP contribution in [0, 0.1) is 6.92 Å². The van der Waals surface area contributed by atoms with Crippen molar-refractivity contribution in [2.24, 2.45) is 0 Å². The molecule has 32 heavy (non-hydrogen) atoms. The Bertz CT molecular complexity index is 1190. The van der Waals surface area contributed by atoms with Crippen LogP contribution in [0.3, 0.4) is 0 Å². The van der Waals surface area contributed by atoms with Crippen molar-refractivity contribution >= 4 is 50.5 Å². The monoisotopic (exact) mass is 492 g/mol. The average molecular weight is 493 g/mol. The van der Waals surface area contributed by atoms with Gasteiger partial charge in [-0.05, 0) is 73.5 Å². The van der Waals surface area contributed by atoms with Crippen molar-refractivity contribution < 1.29 is 17.9 Å². The lowest BCUT2D eigenvalue weighted by molar-refractivity contribution is -0.122. The number of nitrogens with one attached hydrogen (secondary N) is 2. The van der Waals surface area contributed by atoms with Crippen LogP contribution in [0.4, 0.5) is 11.4 Å². The Morgan fingerprint density at radius 2 is 1.62 bits per heavy atom. The molecule has 0 saturated heterocycles. The standard InChI is InChI=1S/C23H22Cl2N2O4S/c1-3-22(31-20-6-4-5-15(2)11-20)23(28)26-18-7-9-21(10-8-18)32(29,30)27-19-13-16(24)12-17(25)14-19/h4-14,22,27H,3H2,1-2H3,(H,26,28). The van der Waals surface area contributed by atoms with E-state index in [0.29, 0.717) is 27.9 Å². The first-order valence-electron chi connectivity index (χ1n) is 9.79. The molecule has 0 bridgehead atoms. The van der Waals surface area contributed by atoms with Crippen molar-refractivity contribution in [2.75, 3.05) is 10.0 Å². The molecule has 0 saturated carbocycles. The van der Waals surface area contributed by atoms with E-state index in [-0.39, 0.29) is 16.5 Å². The van der Waals surface area contributed by atoms with Crippen LogP contribution < -0.4 is 14.8 Å². The van der Waals surface area contributed by atoms with E-state index in [4.69, 9.17) is 27.9 Å². The molecule has 0 fully saturated rings. The molecule has 0 spiro atoms. The van der Waals surface area contributed by atoms with Crippen LogP contribution in [0.5, 0.6) is 5.75 Å². The van der Waals surface area contributed by atoms with Gasteiger partial charge in [0.05, 0.1) is 10.6 Å². The largest absolute Gasteiger partial charge is 0.481 e. The lowest BCUT2D eigenvalue weighted by atomic mass is 10.2. The third kappa shape index (κ3) is 6.38. The maximum absolute atomic E-state index is 12.6. The zero-order chi connectivity index (χ0) is 23.3. The van der Waals surface area contributed by atoms with Gasteiger partial charge in [-0.3, -0.25) is 9.52 Å². The minimum Gasteiger partial charge on any atom is -0.481 e. The van der Waals surface area contributed by atoms with E-state index in [1.165, 1.54) is 42.5 Å². The van der Waals surface area contributed by atoms with Crippen LogP contribution >= 0.6 is 23.2 Å². The number of carbonyl (C=O) groups excluding carboxylic acids is 1. The first kappa shape index (κ1) is 23.9. The van der Waals surface area contributed by atoms with Gasteiger partial charge in [0.25, 0.3) is 15.9 Å². The normalized spacial score (nSPS) is 12.1. The van der Waals surface area contributed by atoms with Crippen molar-refractivity contribution in [2.45, 2.75) is 31.3 Å². The van der Waals surface area contributed by atoms with Gasteiger partial charge in [0.15, 0.2) is 6.10 Å². The number of halogens is 2. The third-order valence-corrected chi connectivity index (χ3v) is 6.31. The van der Waals surface area contributed by atoms with Gasteiger partial charge in [-0.2, -0.15) is 0 Å². The molecule has 0 radical (unpaired) electrons. The number of anilines is 2. The molecule has 0 aromatic heterocycles. The number of amides is 1. The maximum atomic E-state index is 12.6. The summed E-state index contributed by atoms with van der Waals surface area (Å²) in [4.78, 5) is 12.7. The van der Waals surface area contributed by atoms with Gasteiger partial charge in [0.2, 0.25) is 0 Å². The van der Waals surface area contributed by atoms with Gasteiger partial charge in [0, 0.05) is 15.7 Å². The Labute approximate surface area is 197 Å². The molecule has 2 N–H and O–H groups in total. The summed E-state index contributed by atoms with van der Waals surface area (Å²) in [7, 11) is -3.86. The summed E-state index contributed by atoms with van der Waals surface area (Å²) in [5, 5.41) is 3.38. The molecule has 0 aliphatic rings. The van der Waals surface area contributed by atoms with Gasteiger partial charge in [-0.1, -0.05) is 42.3 Å². The molecule has 6 nitrogen and oxygen atoms in total. The molecule has 3 aromatic rings. The van der Waals surface area contributed by atoms with Crippen LogP contribution in [0.15, 0.2) is 71.6 Å². The first-order chi connectivity index (χ1) is 15.2. The van der Waals surface area contributed by atoms with Crippen LogP contribution in [-0.4, -0.2) is 20.4 Å². The number of carbonyl (C=O) groups is 1. The summed E-state index contributed by atoms with van der Waals surface area (Å²) >= 11 is 11.8. The van der Waals surface area contributed by atoms with Crippen LogP contribution in [0.25, 0.3) is 0 Å². The molecule has 1 atom stereocenters. The van der Waals surface area contributed by atoms with Crippen molar-refractivity contribution in [3.05, 3.63) is 82.3 Å². The minimum absolute atomic E-state index is 0.0228. The zero-order valence-corrected chi connectivity index (χ0v) is 19.8. The van der Waals surface area contributed by atoms with Gasteiger partial charge >= 0.3 is 0 Å². The molecule has 1 amide bonds. The third-order valence-electron chi connectivity index (χ3n) is 4.48. The van der Waals surface area contributed by atoms with Crippen LogP contribution in [0.2, 0.25) is 10.0 Å². The second-order valence-electron chi connectivity index (χ2n) is 7.11. The topological polar surface area (TPSA) is 84.5 Å². The number of benzene rings is 3. The highest BCUT2D eigenvalue weighted by atomic mass is 35.5. The molecule has 0 aliphatic carbocycles. The first-order valence-corrected chi connectivity index (χ1v) is 12.0. The second kappa shape index (κ2) is 10.3. The Hall–Kier alpha value is -2.74. The zero-order valence-electron chi connectivity index (χ0n) is 17.4. The number of hydrogen-bond donors (Lipinski definition) is 2. The van der Waals surface area contributed by atoms with E-state index in [2.05, 4.69) is 10.0 Å². The maximum Gasteiger partial charge on any atom is 0.265 e. The highest BCUT2D eigenvalue weighted by Gasteiger charge is 2.20. The summed E-state index contributed by atoms with van der Waals surface area (Å²) in [5.41, 5.74) is 1.73. The molecule has 0 aliphatic heterocycles. The van der Waals surface area contributed by atoms with Crippen LogP contribution in [0.1, 0.15) is 18.9 Å². The Morgan fingerprint density at radius 3 is 2.22 bits per heavy atom. The molecule has 3 aromatic carbocycles. The van der Waals surface area contributed by atoms with E-state index in [9.17, 15) is 13.2 Å². The van der Waals surface area contributed by atoms with E-state index in [0.717, 1.165) is 5.56 Å². The van der Waals surface area contributed by atoms with Crippen LogP contribution in [-0.2, 0) is 14.8 Å². The van der Waals surface area contributed by atoms with Crippen molar-refractivity contribution in [1.82, 2.24) is 0 Å². The molecular weight excluding hydrogens is 471 g/mol. The van der Waals surface area contributed by atoms with Gasteiger partial charge in [0.1, 0.15) is 5.75 Å². The second-order valence-corrected chi connectivity index (χ2v) is 9.66. The Balaban J connectivity index is 1.68. The highest BCUT2D eigenvalue weighted by Crippen LogP contribution is 2.25. The number of rotatable bonds is 8. The molecular formula is C23H22Cl2N2O4S. The molecule has 1 unspecified atom stereocenters. The predicted molar refractivity (Wildman–Crippen MR) is 128 cm³/mol. The quantitative estimate of drug-likeness (QED) is 0.409. The molecule has 168 valence electrons. The highest BCUT2D eigenvalue weighted by molar-refractivity contribution is 7.92. The Kier molecular flexibility index (Phi) is 7.66. The van der Waals surface area contributed by atoms with E-state index in [1.54, 1.807) is 6.07 Å². The summed E-state index contributed by atoms with van der Waals surface area (Å²) in [6.45, 7) is 3.79. The smallest absolute Gasteiger partial charge is 0.265 e. The summed E-state index contributed by atoms with van der Waals surface area (Å²) in [6, 6.07) is 17.7. The minimum atomic E-state index is -3.86. The van der Waals surface area contributed by atoms with E-state index < -0.39 is 16.1 Å². The van der Waals surface area contributed by atoms with Crippen molar-refractivity contribution in [1.29, 1.82) is 0 Å². The van der Waals surface area contributed by atoms with E-state index in [1.807, 2.05) is 32.0 Å². The average Bonchev–Trinajstić information content (AvgIpc) is 2.71. The number of ether oxygens (including phenoxy) is 1. The van der Waals surface area contributed by atoms with Gasteiger partial charge < -0.3 is 10.1 Å². The molecule has 3 rings (SSSR count). The van der Waals surface area contributed by atoms with Crippen molar-refractivity contribution in [3.63, 3.8) is 0 Å².